The topological polar surface area (TPSA) is 119 Å². The molecular weight excluding hydrogens is 276 g/mol. The molecule has 0 radical (unpaired) electrons. The predicted octanol–water partition coefficient (Wildman–Crippen LogP) is 0.528. The number of anilines is 1. The molecule has 0 atom stereocenters. The molecule has 0 aliphatic carbocycles. The molecule has 1 fully saturated rings. The minimum absolute atomic E-state index is 0.0786. The summed E-state index contributed by atoms with van der Waals surface area (Å²) in [5.74, 6) is -0.873. The van der Waals surface area contributed by atoms with Crippen molar-refractivity contribution in [2.45, 2.75) is 19.4 Å². The van der Waals surface area contributed by atoms with Gasteiger partial charge in [0.15, 0.2) is 0 Å². The van der Waals surface area contributed by atoms with Crippen molar-refractivity contribution in [3.8, 4) is 0 Å². The lowest BCUT2D eigenvalue weighted by atomic mass is 9.97. The summed E-state index contributed by atoms with van der Waals surface area (Å²) in [5.41, 5.74) is 3.90. The fourth-order valence-corrected chi connectivity index (χ4v) is 2.34. The van der Waals surface area contributed by atoms with Gasteiger partial charge in [0, 0.05) is 13.1 Å². The van der Waals surface area contributed by atoms with E-state index in [-0.39, 0.29) is 23.7 Å². The molecule has 1 saturated heterocycles. The highest BCUT2D eigenvalue weighted by Crippen LogP contribution is 2.29. The first kappa shape index (κ1) is 14.8. The number of nitrogens with two attached hydrogens (primary N) is 1. The number of hydrogen-bond acceptors (Lipinski definition) is 5. The predicted molar refractivity (Wildman–Crippen MR) is 75.6 cm³/mol. The van der Waals surface area contributed by atoms with Crippen LogP contribution >= 0.6 is 0 Å². The molecule has 8 nitrogen and oxygen atoms in total. The summed E-state index contributed by atoms with van der Waals surface area (Å²) >= 11 is 0. The largest absolute Gasteiger partial charge is 0.393 e. The summed E-state index contributed by atoms with van der Waals surface area (Å²) in [7, 11) is 0. The minimum atomic E-state index is -1.08. The third-order valence-corrected chi connectivity index (χ3v) is 3.58. The Hall–Kier alpha value is -2.64. The Morgan fingerprint density at radius 3 is 2.76 bits per heavy atom. The van der Waals surface area contributed by atoms with Crippen LogP contribution in [0.15, 0.2) is 18.2 Å². The highest BCUT2D eigenvalue weighted by Gasteiger charge is 2.42. The molecule has 1 heterocycles. The number of nitrogens with zero attached hydrogens (tertiary/aromatic N) is 2. The number of carbonyl (C=O) groups excluding carboxylic acids is 2. The van der Waals surface area contributed by atoms with Crippen molar-refractivity contribution < 1.29 is 14.5 Å². The average molecular weight is 292 g/mol. The summed E-state index contributed by atoms with van der Waals surface area (Å²) in [6.07, 6.45) is 0. The van der Waals surface area contributed by atoms with Crippen LogP contribution in [0.25, 0.3) is 0 Å². The van der Waals surface area contributed by atoms with Gasteiger partial charge < -0.3 is 16.0 Å². The maximum atomic E-state index is 12.6. The lowest BCUT2D eigenvalue weighted by molar-refractivity contribution is -0.384. The van der Waals surface area contributed by atoms with Gasteiger partial charge in [-0.05, 0) is 26.0 Å². The second-order valence-electron chi connectivity index (χ2n) is 5.27. The molecule has 1 aliphatic rings. The smallest absolute Gasteiger partial charge is 0.304 e. The van der Waals surface area contributed by atoms with E-state index in [4.69, 9.17) is 5.73 Å². The van der Waals surface area contributed by atoms with Crippen molar-refractivity contribution in [1.29, 1.82) is 0 Å². The number of nitro groups is 1. The van der Waals surface area contributed by atoms with Crippen molar-refractivity contribution in [2.75, 3.05) is 18.8 Å². The first-order valence-corrected chi connectivity index (χ1v) is 6.40. The first-order valence-electron chi connectivity index (χ1n) is 6.40. The molecule has 0 saturated carbocycles. The maximum absolute atomic E-state index is 12.6. The normalized spacial score (nSPS) is 17.2. The van der Waals surface area contributed by atoms with Gasteiger partial charge in [-0.1, -0.05) is 6.07 Å². The number of hydrogen-bond donors (Lipinski definition) is 2. The highest BCUT2D eigenvalue weighted by molar-refractivity contribution is 6.03. The molecule has 0 bridgehead atoms. The standard InChI is InChI=1S/C13H16N4O4/c1-13(2)12(19)15-6-7-16(13)11(18)8-4-3-5-9(14)10(8)17(20)21/h3-5H,6-7,14H2,1-2H3,(H,15,19). The number of piperazine rings is 1. The van der Waals surface area contributed by atoms with E-state index in [0.717, 1.165) is 0 Å². The van der Waals surface area contributed by atoms with Gasteiger partial charge in [0.05, 0.1) is 4.92 Å². The van der Waals surface area contributed by atoms with Gasteiger partial charge in [0.1, 0.15) is 16.8 Å². The Morgan fingerprint density at radius 2 is 2.14 bits per heavy atom. The molecule has 112 valence electrons. The van der Waals surface area contributed by atoms with Crippen LogP contribution < -0.4 is 11.1 Å². The molecule has 21 heavy (non-hydrogen) atoms. The first-order chi connectivity index (χ1) is 9.76. The Morgan fingerprint density at radius 1 is 1.48 bits per heavy atom. The lowest BCUT2D eigenvalue weighted by Crippen LogP contribution is -2.63. The second kappa shape index (κ2) is 5.04. The molecule has 8 heteroatoms. The Balaban J connectivity index is 2.48. The van der Waals surface area contributed by atoms with Crippen LogP contribution in [0.3, 0.4) is 0 Å². The summed E-state index contributed by atoms with van der Waals surface area (Å²) in [6.45, 7) is 3.78. The van der Waals surface area contributed by atoms with E-state index < -0.39 is 22.1 Å². The van der Waals surface area contributed by atoms with Crippen molar-refractivity contribution in [1.82, 2.24) is 10.2 Å². The third-order valence-electron chi connectivity index (χ3n) is 3.58. The van der Waals surface area contributed by atoms with E-state index in [1.807, 2.05) is 0 Å². The number of nitrogen functional groups attached to an aromatic ring is 1. The molecule has 0 aromatic heterocycles. The molecule has 3 N–H and O–H groups in total. The zero-order valence-electron chi connectivity index (χ0n) is 11.8. The van der Waals surface area contributed by atoms with Crippen LogP contribution in [0, 0.1) is 10.1 Å². The minimum Gasteiger partial charge on any atom is -0.393 e. The quantitative estimate of drug-likeness (QED) is 0.468. The van der Waals surface area contributed by atoms with Crippen LogP contribution in [0.5, 0.6) is 0 Å². The fourth-order valence-electron chi connectivity index (χ4n) is 2.34. The van der Waals surface area contributed by atoms with E-state index in [9.17, 15) is 19.7 Å². The molecule has 2 rings (SSSR count). The molecule has 2 amide bonds. The summed E-state index contributed by atoms with van der Waals surface area (Å²) < 4.78 is 0. The molecule has 0 unspecified atom stereocenters. The second-order valence-corrected chi connectivity index (χ2v) is 5.27. The summed E-state index contributed by atoms with van der Waals surface area (Å²) in [6, 6.07) is 4.19. The van der Waals surface area contributed by atoms with E-state index in [1.165, 1.54) is 23.1 Å². The molecule has 1 aliphatic heterocycles. The number of carbonyl (C=O) groups is 2. The van der Waals surface area contributed by atoms with Crippen molar-refractivity contribution in [3.63, 3.8) is 0 Å². The number of para-hydroxylation sites is 1. The van der Waals surface area contributed by atoms with Gasteiger partial charge in [0.25, 0.3) is 5.91 Å². The van der Waals surface area contributed by atoms with Gasteiger partial charge in [-0.25, -0.2) is 0 Å². The highest BCUT2D eigenvalue weighted by atomic mass is 16.6. The van der Waals surface area contributed by atoms with E-state index in [0.29, 0.717) is 6.54 Å². The van der Waals surface area contributed by atoms with Crippen molar-refractivity contribution in [3.05, 3.63) is 33.9 Å². The van der Waals surface area contributed by atoms with Crippen molar-refractivity contribution in [2.24, 2.45) is 0 Å². The van der Waals surface area contributed by atoms with E-state index in [2.05, 4.69) is 5.32 Å². The molecule has 0 spiro atoms. The van der Waals surface area contributed by atoms with Gasteiger partial charge >= 0.3 is 5.69 Å². The van der Waals surface area contributed by atoms with Crippen LogP contribution in [0.1, 0.15) is 24.2 Å². The Kier molecular flexibility index (Phi) is 3.54. The Bertz CT molecular complexity index is 627. The van der Waals surface area contributed by atoms with Crippen LogP contribution in [0.4, 0.5) is 11.4 Å². The summed E-state index contributed by atoms with van der Waals surface area (Å²) in [4.78, 5) is 36.3. The number of amides is 2. The number of rotatable bonds is 2. The SMILES string of the molecule is CC1(C)C(=O)NCCN1C(=O)c1cccc(N)c1[N+](=O)[O-]. The maximum Gasteiger partial charge on any atom is 0.304 e. The van der Waals surface area contributed by atoms with Crippen LogP contribution in [0.2, 0.25) is 0 Å². The zero-order valence-corrected chi connectivity index (χ0v) is 11.8. The molecule has 1 aromatic rings. The molecular formula is C13H16N4O4. The molecule has 1 aromatic carbocycles. The summed E-state index contributed by atoms with van der Waals surface area (Å²) in [5, 5.41) is 13.8. The lowest BCUT2D eigenvalue weighted by Gasteiger charge is -2.41. The van der Waals surface area contributed by atoms with Crippen molar-refractivity contribution >= 4 is 23.2 Å². The van der Waals surface area contributed by atoms with E-state index >= 15 is 0 Å². The fraction of sp³-hybridized carbons (Fsp3) is 0.385. The third kappa shape index (κ3) is 2.39. The van der Waals surface area contributed by atoms with Gasteiger partial charge in [0.2, 0.25) is 5.91 Å². The van der Waals surface area contributed by atoms with E-state index in [1.54, 1.807) is 13.8 Å². The van der Waals surface area contributed by atoms with Gasteiger partial charge in [-0.3, -0.25) is 19.7 Å². The monoisotopic (exact) mass is 292 g/mol. The van der Waals surface area contributed by atoms with Gasteiger partial charge in [-0.15, -0.1) is 0 Å². The number of benzene rings is 1. The van der Waals surface area contributed by atoms with Gasteiger partial charge in [-0.2, -0.15) is 0 Å². The zero-order chi connectivity index (χ0) is 15.8. The Labute approximate surface area is 121 Å². The van der Waals surface area contributed by atoms with Crippen LogP contribution in [-0.4, -0.2) is 40.3 Å². The average Bonchev–Trinajstić information content (AvgIpc) is 2.40. The van der Waals surface area contributed by atoms with Crippen LogP contribution in [-0.2, 0) is 4.79 Å². The number of nitrogens with one attached hydrogen (secondary N) is 1. The number of nitro benzene ring substituents is 1.